The summed E-state index contributed by atoms with van der Waals surface area (Å²) in [4.78, 5) is 12.7. The van der Waals surface area contributed by atoms with E-state index < -0.39 is 6.10 Å². The van der Waals surface area contributed by atoms with Crippen molar-refractivity contribution in [1.29, 1.82) is 0 Å². The van der Waals surface area contributed by atoms with E-state index in [0.29, 0.717) is 12.1 Å². The third kappa shape index (κ3) is 4.58. The molecule has 0 saturated heterocycles. The Morgan fingerprint density at radius 3 is 1.92 bits per heavy atom. The smallest absolute Gasteiger partial charge is 0.225 e. The Bertz CT molecular complexity index is 805. The Morgan fingerprint density at radius 1 is 0.846 bits per heavy atom. The van der Waals surface area contributed by atoms with Gasteiger partial charge in [-0.05, 0) is 35.7 Å². The lowest BCUT2D eigenvalue weighted by atomic mass is 9.88. The molecule has 0 heterocycles. The molecule has 0 aliphatic heterocycles. The largest absolute Gasteiger partial charge is 0.389 e. The predicted octanol–water partition coefficient (Wildman–Crippen LogP) is 4.90. The van der Waals surface area contributed by atoms with Gasteiger partial charge in [-0.1, -0.05) is 72.8 Å². The molecule has 2 N–H and O–H groups in total. The van der Waals surface area contributed by atoms with Crippen LogP contribution in [0, 0.1) is 0 Å². The van der Waals surface area contributed by atoms with E-state index in [-0.39, 0.29) is 11.8 Å². The molecular formula is C23H23NO2. The maximum Gasteiger partial charge on any atom is 0.225 e. The SMILES string of the molecule is C[C@H](O)c1cccc(NC(=O)CC(c2ccccc2)c2ccccc2)c1. The van der Waals surface area contributed by atoms with Gasteiger partial charge in [0.2, 0.25) is 5.91 Å². The molecule has 132 valence electrons. The fourth-order valence-electron chi connectivity index (χ4n) is 3.07. The Hall–Kier alpha value is -2.91. The van der Waals surface area contributed by atoms with Crippen molar-refractivity contribution in [2.24, 2.45) is 0 Å². The summed E-state index contributed by atoms with van der Waals surface area (Å²) in [6.07, 6.45) is -0.208. The lowest BCUT2D eigenvalue weighted by molar-refractivity contribution is -0.116. The van der Waals surface area contributed by atoms with E-state index >= 15 is 0 Å². The van der Waals surface area contributed by atoms with Crippen molar-refractivity contribution in [3.63, 3.8) is 0 Å². The zero-order chi connectivity index (χ0) is 18.4. The third-order valence-corrected chi connectivity index (χ3v) is 4.45. The second-order valence-corrected chi connectivity index (χ2v) is 6.43. The zero-order valence-electron chi connectivity index (χ0n) is 14.8. The Labute approximate surface area is 154 Å². The Balaban J connectivity index is 1.79. The number of rotatable bonds is 6. The molecule has 26 heavy (non-hydrogen) atoms. The molecule has 0 unspecified atom stereocenters. The van der Waals surface area contributed by atoms with Crippen molar-refractivity contribution in [3.05, 3.63) is 102 Å². The highest BCUT2D eigenvalue weighted by molar-refractivity contribution is 5.91. The second kappa shape index (κ2) is 8.45. The number of carbonyl (C=O) groups is 1. The average Bonchev–Trinajstić information content (AvgIpc) is 2.67. The molecule has 0 saturated carbocycles. The number of carbonyl (C=O) groups excluding carboxylic acids is 1. The quantitative estimate of drug-likeness (QED) is 0.667. The van der Waals surface area contributed by atoms with Crippen LogP contribution in [0.5, 0.6) is 0 Å². The minimum Gasteiger partial charge on any atom is -0.389 e. The van der Waals surface area contributed by atoms with Crippen molar-refractivity contribution in [2.75, 3.05) is 5.32 Å². The van der Waals surface area contributed by atoms with Crippen LogP contribution in [0.25, 0.3) is 0 Å². The summed E-state index contributed by atoms with van der Waals surface area (Å²) in [7, 11) is 0. The summed E-state index contributed by atoms with van der Waals surface area (Å²) in [6, 6.07) is 27.5. The van der Waals surface area contributed by atoms with Crippen LogP contribution < -0.4 is 5.32 Å². The molecule has 0 bridgehead atoms. The Kier molecular flexibility index (Phi) is 5.82. The van der Waals surface area contributed by atoms with Gasteiger partial charge in [0.15, 0.2) is 0 Å². The fraction of sp³-hybridized carbons (Fsp3) is 0.174. The molecule has 3 aromatic carbocycles. The van der Waals surface area contributed by atoms with Crippen LogP contribution in [0.4, 0.5) is 5.69 Å². The molecule has 0 aromatic heterocycles. The second-order valence-electron chi connectivity index (χ2n) is 6.43. The number of anilines is 1. The number of hydrogen-bond donors (Lipinski definition) is 2. The van der Waals surface area contributed by atoms with Crippen molar-refractivity contribution >= 4 is 11.6 Å². The van der Waals surface area contributed by atoms with Gasteiger partial charge in [0.1, 0.15) is 0 Å². The number of benzene rings is 3. The van der Waals surface area contributed by atoms with Gasteiger partial charge in [-0.25, -0.2) is 0 Å². The van der Waals surface area contributed by atoms with Crippen molar-refractivity contribution in [3.8, 4) is 0 Å². The third-order valence-electron chi connectivity index (χ3n) is 4.45. The minimum atomic E-state index is -0.562. The van der Waals surface area contributed by atoms with E-state index in [1.165, 1.54) is 0 Å². The van der Waals surface area contributed by atoms with Gasteiger partial charge in [-0.2, -0.15) is 0 Å². The van der Waals surface area contributed by atoms with E-state index in [1.54, 1.807) is 6.92 Å². The molecule has 1 atom stereocenters. The molecule has 0 aliphatic carbocycles. The first-order chi connectivity index (χ1) is 12.6. The Morgan fingerprint density at radius 2 is 1.38 bits per heavy atom. The van der Waals surface area contributed by atoms with Gasteiger partial charge in [-0.3, -0.25) is 4.79 Å². The number of aliphatic hydroxyl groups is 1. The zero-order valence-corrected chi connectivity index (χ0v) is 14.8. The first-order valence-corrected chi connectivity index (χ1v) is 8.81. The fourth-order valence-corrected chi connectivity index (χ4v) is 3.07. The summed E-state index contributed by atoms with van der Waals surface area (Å²) in [5.41, 5.74) is 3.72. The molecule has 0 radical (unpaired) electrons. The van der Waals surface area contributed by atoms with E-state index in [0.717, 1.165) is 16.7 Å². The summed E-state index contributed by atoms with van der Waals surface area (Å²) < 4.78 is 0. The highest BCUT2D eigenvalue weighted by atomic mass is 16.3. The lowest BCUT2D eigenvalue weighted by Crippen LogP contribution is -2.16. The molecule has 3 heteroatoms. The minimum absolute atomic E-state index is 0.00246. The number of nitrogens with one attached hydrogen (secondary N) is 1. The maximum atomic E-state index is 12.7. The first kappa shape index (κ1) is 17.9. The van der Waals surface area contributed by atoms with Gasteiger partial charge in [0, 0.05) is 18.0 Å². The monoisotopic (exact) mass is 345 g/mol. The summed E-state index contributed by atoms with van der Waals surface area (Å²) in [6.45, 7) is 1.71. The molecular weight excluding hydrogens is 322 g/mol. The topological polar surface area (TPSA) is 49.3 Å². The van der Waals surface area contributed by atoms with Gasteiger partial charge >= 0.3 is 0 Å². The van der Waals surface area contributed by atoms with Gasteiger partial charge in [0.05, 0.1) is 6.10 Å². The van der Waals surface area contributed by atoms with E-state index in [4.69, 9.17) is 0 Å². The van der Waals surface area contributed by atoms with Gasteiger partial charge < -0.3 is 10.4 Å². The number of aliphatic hydroxyl groups excluding tert-OH is 1. The molecule has 3 aromatic rings. The summed E-state index contributed by atoms with van der Waals surface area (Å²) >= 11 is 0. The number of amides is 1. The predicted molar refractivity (Wildman–Crippen MR) is 105 cm³/mol. The highest BCUT2D eigenvalue weighted by Crippen LogP contribution is 2.28. The molecule has 1 amide bonds. The van der Waals surface area contributed by atoms with Gasteiger partial charge in [-0.15, -0.1) is 0 Å². The van der Waals surface area contributed by atoms with E-state index in [2.05, 4.69) is 29.6 Å². The maximum absolute atomic E-state index is 12.7. The average molecular weight is 345 g/mol. The van der Waals surface area contributed by atoms with Crippen LogP contribution in [0.1, 0.15) is 42.1 Å². The highest BCUT2D eigenvalue weighted by Gasteiger charge is 2.18. The van der Waals surface area contributed by atoms with E-state index in [1.807, 2.05) is 60.7 Å². The standard InChI is InChI=1S/C23H23NO2/c1-17(25)20-13-8-14-21(15-20)24-23(26)16-22(18-9-4-2-5-10-18)19-11-6-3-7-12-19/h2-15,17,22,25H,16H2,1H3,(H,24,26)/t17-/m0/s1. The summed E-state index contributed by atoms with van der Waals surface area (Å²) in [5.74, 6) is -0.0530. The first-order valence-electron chi connectivity index (χ1n) is 8.81. The van der Waals surface area contributed by atoms with Crippen molar-refractivity contribution in [2.45, 2.75) is 25.4 Å². The molecule has 0 aliphatic rings. The molecule has 3 rings (SSSR count). The van der Waals surface area contributed by atoms with Crippen molar-refractivity contribution in [1.82, 2.24) is 0 Å². The van der Waals surface area contributed by atoms with Crippen molar-refractivity contribution < 1.29 is 9.90 Å². The van der Waals surface area contributed by atoms with Crippen LogP contribution in [0.3, 0.4) is 0 Å². The van der Waals surface area contributed by atoms with E-state index in [9.17, 15) is 9.90 Å². The van der Waals surface area contributed by atoms with Crippen LogP contribution in [-0.2, 0) is 4.79 Å². The normalized spacial score (nSPS) is 12.0. The van der Waals surface area contributed by atoms with Crippen LogP contribution >= 0.6 is 0 Å². The molecule has 0 spiro atoms. The van der Waals surface area contributed by atoms with Crippen LogP contribution in [0.15, 0.2) is 84.9 Å². The lowest BCUT2D eigenvalue weighted by Gasteiger charge is -2.18. The molecule has 0 fully saturated rings. The number of hydrogen-bond acceptors (Lipinski definition) is 2. The van der Waals surface area contributed by atoms with Gasteiger partial charge in [0.25, 0.3) is 0 Å². The summed E-state index contributed by atoms with van der Waals surface area (Å²) in [5, 5.41) is 12.7. The van der Waals surface area contributed by atoms with Crippen LogP contribution in [0.2, 0.25) is 0 Å². The van der Waals surface area contributed by atoms with Crippen LogP contribution in [-0.4, -0.2) is 11.0 Å². The molecule has 3 nitrogen and oxygen atoms in total.